The van der Waals surface area contributed by atoms with E-state index in [-0.39, 0.29) is 18.6 Å². The lowest BCUT2D eigenvalue weighted by Crippen LogP contribution is -2.42. The molecule has 1 rings (SSSR count). The largest absolute Gasteiger partial charge is 0.493 e. The Morgan fingerprint density at radius 2 is 1.82 bits per heavy atom. The second-order valence-corrected chi connectivity index (χ2v) is 4.35. The highest BCUT2D eigenvalue weighted by molar-refractivity contribution is 5.39. The van der Waals surface area contributed by atoms with Crippen molar-refractivity contribution in [2.75, 3.05) is 13.7 Å². The summed E-state index contributed by atoms with van der Waals surface area (Å²) >= 11 is 0. The van der Waals surface area contributed by atoms with E-state index >= 15 is 0 Å². The summed E-state index contributed by atoms with van der Waals surface area (Å²) in [5.74, 6) is 1.48. The Hall–Kier alpha value is -1.26. The van der Waals surface area contributed by atoms with Crippen LogP contribution < -0.4 is 15.2 Å². The third kappa shape index (κ3) is 3.91. The summed E-state index contributed by atoms with van der Waals surface area (Å²) in [5, 5.41) is 9.82. The number of aliphatic hydroxyl groups excluding tert-OH is 1. The standard InChI is InChI=1S/C13H21NO3/c1-9(2)13(14)10(15)8-17-12-7-5-4-6-11(12)16-3/h4-7,9-10,13,15H,8,14H2,1-3H3. The van der Waals surface area contributed by atoms with Crippen molar-refractivity contribution in [3.63, 3.8) is 0 Å². The summed E-state index contributed by atoms with van der Waals surface area (Å²) < 4.78 is 10.7. The molecule has 4 nitrogen and oxygen atoms in total. The Balaban J connectivity index is 2.55. The second kappa shape index (κ2) is 6.47. The van der Waals surface area contributed by atoms with Crippen LogP contribution in [-0.2, 0) is 0 Å². The van der Waals surface area contributed by atoms with Crippen molar-refractivity contribution in [1.82, 2.24) is 0 Å². The van der Waals surface area contributed by atoms with E-state index in [4.69, 9.17) is 15.2 Å². The van der Waals surface area contributed by atoms with Crippen molar-refractivity contribution in [2.24, 2.45) is 11.7 Å². The molecule has 3 N–H and O–H groups in total. The van der Waals surface area contributed by atoms with Crippen LogP contribution in [0, 0.1) is 5.92 Å². The molecule has 0 aromatic heterocycles. The summed E-state index contributed by atoms with van der Waals surface area (Å²) in [6.45, 7) is 4.10. The molecule has 0 heterocycles. The number of methoxy groups -OCH3 is 1. The highest BCUT2D eigenvalue weighted by Gasteiger charge is 2.19. The van der Waals surface area contributed by atoms with Crippen molar-refractivity contribution < 1.29 is 14.6 Å². The van der Waals surface area contributed by atoms with E-state index in [1.54, 1.807) is 13.2 Å². The van der Waals surface area contributed by atoms with E-state index in [9.17, 15) is 5.11 Å². The molecular formula is C13H21NO3. The fourth-order valence-corrected chi connectivity index (χ4v) is 1.47. The molecule has 0 radical (unpaired) electrons. The number of aliphatic hydroxyl groups is 1. The molecule has 4 heteroatoms. The van der Waals surface area contributed by atoms with E-state index in [1.807, 2.05) is 32.0 Å². The monoisotopic (exact) mass is 239 g/mol. The molecular weight excluding hydrogens is 218 g/mol. The Labute approximate surface area is 102 Å². The third-order valence-corrected chi connectivity index (χ3v) is 2.69. The van der Waals surface area contributed by atoms with Gasteiger partial charge in [-0.1, -0.05) is 26.0 Å². The highest BCUT2D eigenvalue weighted by Crippen LogP contribution is 2.25. The number of hydrogen-bond acceptors (Lipinski definition) is 4. The van der Waals surface area contributed by atoms with Crippen molar-refractivity contribution >= 4 is 0 Å². The topological polar surface area (TPSA) is 64.7 Å². The minimum Gasteiger partial charge on any atom is -0.493 e. The number of hydrogen-bond donors (Lipinski definition) is 2. The number of ether oxygens (including phenoxy) is 2. The first kappa shape index (κ1) is 13.8. The van der Waals surface area contributed by atoms with Crippen molar-refractivity contribution in [2.45, 2.75) is 26.0 Å². The molecule has 1 aromatic rings. The molecule has 2 atom stereocenters. The summed E-state index contributed by atoms with van der Waals surface area (Å²) in [5.41, 5.74) is 5.83. The van der Waals surface area contributed by atoms with Crippen LogP contribution in [0.25, 0.3) is 0 Å². The van der Waals surface area contributed by atoms with Crippen LogP contribution in [-0.4, -0.2) is 31.0 Å². The Bertz CT molecular complexity index is 341. The van der Waals surface area contributed by atoms with Crippen molar-refractivity contribution in [3.05, 3.63) is 24.3 Å². The van der Waals surface area contributed by atoms with E-state index in [0.717, 1.165) is 0 Å². The first-order valence-corrected chi connectivity index (χ1v) is 5.75. The molecule has 0 aliphatic heterocycles. The lowest BCUT2D eigenvalue weighted by molar-refractivity contribution is 0.0704. The van der Waals surface area contributed by atoms with Gasteiger partial charge in [-0.05, 0) is 18.1 Å². The van der Waals surface area contributed by atoms with E-state index in [0.29, 0.717) is 11.5 Å². The van der Waals surface area contributed by atoms with Gasteiger partial charge in [0.1, 0.15) is 12.7 Å². The zero-order valence-corrected chi connectivity index (χ0v) is 10.6. The first-order chi connectivity index (χ1) is 8.06. The summed E-state index contributed by atoms with van der Waals surface area (Å²) in [7, 11) is 1.58. The van der Waals surface area contributed by atoms with Gasteiger partial charge in [0, 0.05) is 6.04 Å². The molecule has 0 spiro atoms. The van der Waals surface area contributed by atoms with Gasteiger partial charge < -0.3 is 20.3 Å². The van der Waals surface area contributed by atoms with Gasteiger partial charge in [-0.15, -0.1) is 0 Å². The summed E-state index contributed by atoms with van der Waals surface area (Å²) in [4.78, 5) is 0. The maximum absolute atomic E-state index is 9.82. The number of para-hydroxylation sites is 2. The van der Waals surface area contributed by atoms with Gasteiger partial charge in [-0.2, -0.15) is 0 Å². The van der Waals surface area contributed by atoms with Gasteiger partial charge in [-0.25, -0.2) is 0 Å². The molecule has 96 valence electrons. The van der Waals surface area contributed by atoms with Crippen LogP contribution in [0.4, 0.5) is 0 Å². The summed E-state index contributed by atoms with van der Waals surface area (Å²) in [6.07, 6.45) is -0.681. The molecule has 0 amide bonds. The fourth-order valence-electron chi connectivity index (χ4n) is 1.47. The number of rotatable bonds is 6. The normalized spacial score (nSPS) is 14.5. The minimum absolute atomic E-state index is 0.166. The summed E-state index contributed by atoms with van der Waals surface area (Å²) in [6, 6.07) is 7.04. The maximum atomic E-state index is 9.82. The third-order valence-electron chi connectivity index (χ3n) is 2.69. The zero-order valence-electron chi connectivity index (χ0n) is 10.6. The average molecular weight is 239 g/mol. The van der Waals surface area contributed by atoms with E-state index in [2.05, 4.69) is 0 Å². The van der Waals surface area contributed by atoms with Crippen LogP contribution in [0.3, 0.4) is 0 Å². The molecule has 17 heavy (non-hydrogen) atoms. The fraction of sp³-hybridized carbons (Fsp3) is 0.538. The molecule has 0 saturated carbocycles. The highest BCUT2D eigenvalue weighted by atomic mass is 16.5. The molecule has 1 aromatic carbocycles. The lowest BCUT2D eigenvalue weighted by atomic mass is 10.0. The quantitative estimate of drug-likeness (QED) is 0.788. The van der Waals surface area contributed by atoms with Crippen LogP contribution >= 0.6 is 0 Å². The van der Waals surface area contributed by atoms with E-state index in [1.165, 1.54) is 0 Å². The van der Waals surface area contributed by atoms with Crippen molar-refractivity contribution in [1.29, 1.82) is 0 Å². The van der Waals surface area contributed by atoms with Gasteiger partial charge in [0.15, 0.2) is 11.5 Å². The maximum Gasteiger partial charge on any atom is 0.161 e. The molecule has 0 aliphatic rings. The van der Waals surface area contributed by atoms with E-state index < -0.39 is 6.10 Å². The predicted octanol–water partition coefficient (Wildman–Crippen LogP) is 1.42. The Morgan fingerprint density at radius 3 is 2.35 bits per heavy atom. The van der Waals surface area contributed by atoms with Gasteiger partial charge in [-0.3, -0.25) is 0 Å². The van der Waals surface area contributed by atoms with Crippen LogP contribution in [0.15, 0.2) is 24.3 Å². The molecule has 0 bridgehead atoms. The Morgan fingerprint density at radius 1 is 1.24 bits per heavy atom. The van der Waals surface area contributed by atoms with Gasteiger partial charge in [0.2, 0.25) is 0 Å². The molecule has 0 fully saturated rings. The lowest BCUT2D eigenvalue weighted by Gasteiger charge is -2.22. The number of benzene rings is 1. The number of nitrogens with two attached hydrogens (primary N) is 1. The molecule has 2 unspecified atom stereocenters. The smallest absolute Gasteiger partial charge is 0.161 e. The average Bonchev–Trinajstić information content (AvgIpc) is 2.35. The molecule has 0 aliphatic carbocycles. The van der Waals surface area contributed by atoms with Crippen LogP contribution in [0.2, 0.25) is 0 Å². The first-order valence-electron chi connectivity index (χ1n) is 5.75. The molecule has 0 saturated heterocycles. The SMILES string of the molecule is COc1ccccc1OCC(O)C(N)C(C)C. The van der Waals surface area contributed by atoms with Gasteiger partial charge in [0.25, 0.3) is 0 Å². The zero-order chi connectivity index (χ0) is 12.8. The van der Waals surface area contributed by atoms with Crippen LogP contribution in [0.1, 0.15) is 13.8 Å². The second-order valence-electron chi connectivity index (χ2n) is 4.35. The van der Waals surface area contributed by atoms with Crippen molar-refractivity contribution in [3.8, 4) is 11.5 Å². The Kier molecular flexibility index (Phi) is 5.25. The van der Waals surface area contributed by atoms with Gasteiger partial charge >= 0.3 is 0 Å². The predicted molar refractivity (Wildman–Crippen MR) is 67.3 cm³/mol. The van der Waals surface area contributed by atoms with Crippen LogP contribution in [0.5, 0.6) is 11.5 Å². The van der Waals surface area contributed by atoms with Gasteiger partial charge in [0.05, 0.1) is 7.11 Å². The minimum atomic E-state index is -0.681.